The van der Waals surface area contributed by atoms with Crippen LogP contribution in [0.5, 0.6) is 0 Å². The summed E-state index contributed by atoms with van der Waals surface area (Å²) in [5.74, 6) is 1.71. The predicted octanol–water partition coefficient (Wildman–Crippen LogP) is 1.72. The van der Waals surface area contributed by atoms with Gasteiger partial charge in [-0.1, -0.05) is 0 Å². The highest BCUT2D eigenvalue weighted by atomic mass is 16.5. The number of hydrogen-bond donors (Lipinski definition) is 3. The molecule has 0 spiro atoms. The molecule has 0 aliphatic carbocycles. The standard InChI is InChI=1S/C19H24N6O2/c1-12-11-27-8-7-25(12)18-15-9-21-10-16(15)23-17(24-18)13-3-5-14(6-4-13)22-19(26)20-2/h3-6,12,21H,7-11H2,1-2H3,(H2,20,22,26). The summed E-state index contributed by atoms with van der Waals surface area (Å²) in [6, 6.07) is 7.62. The number of urea groups is 1. The summed E-state index contributed by atoms with van der Waals surface area (Å²) in [5.41, 5.74) is 3.89. The molecule has 1 fully saturated rings. The third kappa shape index (κ3) is 3.58. The third-order valence-electron chi connectivity index (χ3n) is 4.93. The minimum absolute atomic E-state index is 0.244. The van der Waals surface area contributed by atoms with Crippen LogP contribution >= 0.6 is 0 Å². The van der Waals surface area contributed by atoms with E-state index in [0.29, 0.717) is 19.0 Å². The average molecular weight is 368 g/mol. The van der Waals surface area contributed by atoms with E-state index in [1.165, 1.54) is 5.56 Å². The van der Waals surface area contributed by atoms with Crippen LogP contribution in [0.3, 0.4) is 0 Å². The van der Waals surface area contributed by atoms with Crippen LogP contribution in [0.4, 0.5) is 16.3 Å². The van der Waals surface area contributed by atoms with Gasteiger partial charge in [-0.2, -0.15) is 0 Å². The molecule has 1 saturated heterocycles. The Morgan fingerprint density at radius 2 is 2.07 bits per heavy atom. The number of benzene rings is 1. The van der Waals surface area contributed by atoms with E-state index in [0.717, 1.165) is 42.4 Å². The Balaban J connectivity index is 1.67. The van der Waals surface area contributed by atoms with Gasteiger partial charge in [-0.15, -0.1) is 0 Å². The zero-order valence-electron chi connectivity index (χ0n) is 15.6. The van der Waals surface area contributed by atoms with Crippen LogP contribution < -0.4 is 20.9 Å². The highest BCUT2D eigenvalue weighted by molar-refractivity contribution is 5.89. The van der Waals surface area contributed by atoms with Gasteiger partial charge < -0.3 is 25.6 Å². The van der Waals surface area contributed by atoms with Gasteiger partial charge in [0.1, 0.15) is 5.82 Å². The Hall–Kier alpha value is -2.71. The van der Waals surface area contributed by atoms with Crippen LogP contribution in [0.15, 0.2) is 24.3 Å². The molecule has 8 heteroatoms. The Morgan fingerprint density at radius 3 is 2.81 bits per heavy atom. The fraction of sp³-hybridized carbons (Fsp3) is 0.421. The second-order valence-electron chi connectivity index (χ2n) is 6.80. The van der Waals surface area contributed by atoms with Crippen molar-refractivity contribution in [1.82, 2.24) is 20.6 Å². The molecule has 1 unspecified atom stereocenters. The lowest BCUT2D eigenvalue weighted by Gasteiger charge is -2.35. The summed E-state index contributed by atoms with van der Waals surface area (Å²) in [7, 11) is 1.59. The van der Waals surface area contributed by atoms with Gasteiger partial charge >= 0.3 is 6.03 Å². The van der Waals surface area contributed by atoms with Gasteiger partial charge in [0.2, 0.25) is 0 Å². The molecule has 3 heterocycles. The van der Waals surface area contributed by atoms with Crippen molar-refractivity contribution in [3.05, 3.63) is 35.5 Å². The summed E-state index contributed by atoms with van der Waals surface area (Å²) < 4.78 is 5.58. The highest BCUT2D eigenvalue weighted by Gasteiger charge is 2.27. The van der Waals surface area contributed by atoms with E-state index in [4.69, 9.17) is 14.7 Å². The van der Waals surface area contributed by atoms with Gasteiger partial charge in [-0.05, 0) is 31.2 Å². The molecule has 8 nitrogen and oxygen atoms in total. The molecule has 2 amide bonds. The fourth-order valence-corrected chi connectivity index (χ4v) is 3.46. The summed E-state index contributed by atoms with van der Waals surface area (Å²) in [4.78, 5) is 23.5. The Bertz CT molecular complexity index is 839. The van der Waals surface area contributed by atoms with Crippen LogP contribution in [0.2, 0.25) is 0 Å². The first-order chi connectivity index (χ1) is 13.2. The molecule has 0 saturated carbocycles. The molecule has 2 aliphatic heterocycles. The Kier molecular flexibility index (Phi) is 4.91. The van der Waals surface area contributed by atoms with Crippen molar-refractivity contribution in [2.45, 2.75) is 26.1 Å². The normalized spacial score (nSPS) is 18.9. The van der Waals surface area contributed by atoms with Crippen molar-refractivity contribution in [2.24, 2.45) is 0 Å². The van der Waals surface area contributed by atoms with Crippen molar-refractivity contribution in [1.29, 1.82) is 0 Å². The van der Waals surface area contributed by atoms with Gasteiger partial charge in [0.05, 0.1) is 24.9 Å². The van der Waals surface area contributed by atoms with Crippen molar-refractivity contribution < 1.29 is 9.53 Å². The van der Waals surface area contributed by atoms with Gasteiger partial charge in [-0.25, -0.2) is 14.8 Å². The maximum Gasteiger partial charge on any atom is 0.318 e. The monoisotopic (exact) mass is 368 g/mol. The van der Waals surface area contributed by atoms with E-state index < -0.39 is 0 Å². The molecule has 4 rings (SSSR count). The number of nitrogens with zero attached hydrogens (tertiary/aromatic N) is 3. The van der Waals surface area contributed by atoms with Gasteiger partial charge in [0.15, 0.2) is 5.82 Å². The van der Waals surface area contributed by atoms with Crippen LogP contribution in [0.25, 0.3) is 11.4 Å². The second kappa shape index (κ2) is 7.50. The molecule has 0 radical (unpaired) electrons. The molecular formula is C19H24N6O2. The quantitative estimate of drug-likeness (QED) is 0.764. The summed E-state index contributed by atoms with van der Waals surface area (Å²) in [5, 5.41) is 8.68. The largest absolute Gasteiger partial charge is 0.377 e. The average Bonchev–Trinajstić information content (AvgIpc) is 3.17. The van der Waals surface area contributed by atoms with Crippen LogP contribution in [0.1, 0.15) is 18.2 Å². The van der Waals surface area contributed by atoms with E-state index in [1.54, 1.807) is 7.05 Å². The molecule has 1 aromatic carbocycles. The lowest BCUT2D eigenvalue weighted by Crippen LogP contribution is -2.44. The lowest BCUT2D eigenvalue weighted by molar-refractivity contribution is 0.0984. The number of aromatic nitrogens is 2. The first-order valence-corrected chi connectivity index (χ1v) is 9.20. The van der Waals surface area contributed by atoms with Gasteiger partial charge in [0.25, 0.3) is 0 Å². The summed E-state index contributed by atoms with van der Waals surface area (Å²) in [6.07, 6.45) is 0. The van der Waals surface area contributed by atoms with E-state index >= 15 is 0 Å². The summed E-state index contributed by atoms with van der Waals surface area (Å²) >= 11 is 0. The maximum absolute atomic E-state index is 11.4. The summed E-state index contributed by atoms with van der Waals surface area (Å²) in [6.45, 7) is 5.97. The van der Waals surface area contributed by atoms with Crippen LogP contribution in [-0.2, 0) is 17.8 Å². The van der Waals surface area contributed by atoms with E-state index in [1.807, 2.05) is 24.3 Å². The van der Waals surface area contributed by atoms with Crippen molar-refractivity contribution in [2.75, 3.05) is 37.0 Å². The molecule has 0 bridgehead atoms. The zero-order valence-corrected chi connectivity index (χ0v) is 15.6. The number of morpholine rings is 1. The molecule has 1 atom stereocenters. The first-order valence-electron chi connectivity index (χ1n) is 9.20. The molecule has 3 N–H and O–H groups in total. The van der Waals surface area contributed by atoms with Crippen molar-refractivity contribution in [3.63, 3.8) is 0 Å². The van der Waals surface area contributed by atoms with Gasteiger partial charge in [0, 0.05) is 43.5 Å². The minimum atomic E-state index is -0.244. The Labute approximate surface area is 158 Å². The highest BCUT2D eigenvalue weighted by Crippen LogP contribution is 2.30. The van der Waals surface area contributed by atoms with Gasteiger partial charge in [-0.3, -0.25) is 0 Å². The number of amides is 2. The molecule has 142 valence electrons. The topological polar surface area (TPSA) is 91.4 Å². The number of carbonyl (C=O) groups is 1. The number of ether oxygens (including phenoxy) is 1. The molecule has 2 aromatic rings. The van der Waals surface area contributed by atoms with E-state index in [2.05, 4.69) is 27.8 Å². The first kappa shape index (κ1) is 17.7. The number of anilines is 2. The molecule has 27 heavy (non-hydrogen) atoms. The van der Waals surface area contributed by atoms with Crippen molar-refractivity contribution >= 4 is 17.5 Å². The smallest absolute Gasteiger partial charge is 0.318 e. The Morgan fingerprint density at radius 1 is 1.26 bits per heavy atom. The van der Waals surface area contributed by atoms with Crippen LogP contribution in [0, 0.1) is 0 Å². The lowest BCUT2D eigenvalue weighted by atomic mass is 10.1. The molecule has 1 aromatic heterocycles. The second-order valence-corrected chi connectivity index (χ2v) is 6.80. The predicted molar refractivity (Wildman–Crippen MR) is 104 cm³/mol. The number of hydrogen-bond acceptors (Lipinski definition) is 6. The number of rotatable bonds is 3. The number of carbonyl (C=O) groups excluding carboxylic acids is 1. The zero-order chi connectivity index (χ0) is 18.8. The van der Waals surface area contributed by atoms with Crippen molar-refractivity contribution in [3.8, 4) is 11.4 Å². The molecule has 2 aliphatic rings. The fourth-order valence-electron chi connectivity index (χ4n) is 3.46. The van der Waals surface area contributed by atoms with Crippen LogP contribution in [-0.4, -0.2) is 48.8 Å². The third-order valence-corrected chi connectivity index (χ3v) is 4.93. The SMILES string of the molecule is CNC(=O)Nc1ccc(-c2nc3c(c(N4CCOCC4C)n2)CNC3)cc1. The minimum Gasteiger partial charge on any atom is -0.377 e. The molecular weight excluding hydrogens is 344 g/mol. The van der Waals surface area contributed by atoms with E-state index in [-0.39, 0.29) is 12.1 Å². The number of fused-ring (bicyclic) bond motifs is 1. The number of nitrogens with one attached hydrogen (secondary N) is 3. The maximum atomic E-state index is 11.4. The van der Waals surface area contributed by atoms with E-state index in [9.17, 15) is 4.79 Å².